The van der Waals surface area contributed by atoms with Crippen LogP contribution in [0.15, 0.2) is 0 Å². The van der Waals surface area contributed by atoms with E-state index in [2.05, 4.69) is 24.9 Å². The topological polar surface area (TPSA) is 95.6 Å². The van der Waals surface area contributed by atoms with E-state index in [-0.39, 0.29) is 13.3 Å². The smallest absolute Gasteiger partial charge is 0.317 e. The van der Waals surface area contributed by atoms with Gasteiger partial charge in [0.15, 0.2) is 0 Å². The lowest BCUT2D eigenvalue weighted by atomic mass is 10.0. The summed E-state index contributed by atoms with van der Waals surface area (Å²) in [4.78, 5) is 9.24. The van der Waals surface area contributed by atoms with Gasteiger partial charge < -0.3 is 15.9 Å². The molecular formula is C21H46N2O3. The summed E-state index contributed by atoms with van der Waals surface area (Å²) in [6.45, 7) is 5.46. The summed E-state index contributed by atoms with van der Waals surface area (Å²) < 4.78 is 0. The van der Waals surface area contributed by atoms with Crippen molar-refractivity contribution in [2.24, 2.45) is 11.7 Å². The fourth-order valence-corrected chi connectivity index (χ4v) is 2.83. The molecule has 5 N–H and O–H groups in total. The van der Waals surface area contributed by atoms with Gasteiger partial charge in [0.25, 0.3) is 0 Å². The Morgan fingerprint density at radius 1 is 0.808 bits per heavy atom. The van der Waals surface area contributed by atoms with Crippen LogP contribution in [0.3, 0.4) is 0 Å². The number of aliphatic hydroxyl groups is 1. The number of hydrogen-bond acceptors (Lipinski definition) is 4. The highest BCUT2D eigenvalue weighted by atomic mass is 16.4. The number of aliphatic carboxylic acids is 1. The van der Waals surface area contributed by atoms with E-state index < -0.39 is 5.97 Å². The normalized spacial score (nSPS) is 10.7. The van der Waals surface area contributed by atoms with Gasteiger partial charge in [-0.05, 0) is 18.9 Å². The van der Waals surface area contributed by atoms with Crippen molar-refractivity contribution in [3.63, 3.8) is 0 Å². The first kappa shape index (κ1) is 27.6. The molecule has 0 aromatic carbocycles. The number of carboxylic acid groups (broad SMARTS) is 1. The Labute approximate surface area is 162 Å². The van der Waals surface area contributed by atoms with Gasteiger partial charge in [-0.15, -0.1) is 0 Å². The van der Waals surface area contributed by atoms with Crippen LogP contribution in [0.2, 0.25) is 0 Å². The summed E-state index contributed by atoms with van der Waals surface area (Å²) in [5, 5.41) is 19.1. The Morgan fingerprint density at radius 3 is 1.46 bits per heavy atom. The summed E-state index contributed by atoms with van der Waals surface area (Å²) in [5.41, 5.74) is 4.57. The summed E-state index contributed by atoms with van der Waals surface area (Å²) in [7, 11) is 0. The molecule has 0 aromatic rings. The van der Waals surface area contributed by atoms with Crippen LogP contribution in [-0.2, 0) is 4.79 Å². The molecular weight excluding hydrogens is 328 g/mol. The van der Waals surface area contributed by atoms with Gasteiger partial charge in [0, 0.05) is 0 Å². The molecule has 0 spiro atoms. The van der Waals surface area contributed by atoms with Crippen LogP contribution < -0.4 is 11.1 Å². The molecule has 0 saturated carbocycles. The van der Waals surface area contributed by atoms with E-state index in [0.29, 0.717) is 0 Å². The van der Waals surface area contributed by atoms with Gasteiger partial charge in [-0.3, -0.25) is 10.1 Å². The highest BCUT2D eigenvalue weighted by molar-refractivity contribution is 5.68. The number of carbonyl (C=O) groups is 1. The van der Waals surface area contributed by atoms with Crippen molar-refractivity contribution < 1.29 is 15.0 Å². The maximum Gasteiger partial charge on any atom is 0.317 e. The zero-order chi connectivity index (χ0) is 19.9. The summed E-state index contributed by atoms with van der Waals surface area (Å²) in [5.74, 6) is -0.0825. The molecule has 0 atom stereocenters. The molecule has 0 aliphatic rings. The molecule has 5 heteroatoms. The molecule has 0 bridgehead atoms. The molecule has 26 heavy (non-hydrogen) atoms. The third-order valence-electron chi connectivity index (χ3n) is 4.42. The van der Waals surface area contributed by atoms with Gasteiger partial charge in [0.05, 0.1) is 13.3 Å². The summed E-state index contributed by atoms with van der Waals surface area (Å²) in [6, 6.07) is 0. The fraction of sp³-hybridized carbons (Fsp3) is 0.952. The Bertz CT molecular complexity index is 274. The van der Waals surface area contributed by atoms with Crippen molar-refractivity contribution in [2.45, 2.75) is 104 Å². The van der Waals surface area contributed by atoms with Crippen LogP contribution >= 0.6 is 0 Å². The second-order valence-electron chi connectivity index (χ2n) is 7.53. The van der Waals surface area contributed by atoms with E-state index >= 15 is 0 Å². The lowest BCUT2D eigenvalue weighted by molar-refractivity contribution is -0.135. The maximum absolute atomic E-state index is 9.24. The molecule has 0 unspecified atom stereocenters. The quantitative estimate of drug-likeness (QED) is 0.206. The van der Waals surface area contributed by atoms with Crippen molar-refractivity contribution >= 4 is 5.97 Å². The minimum Gasteiger partial charge on any atom is -0.480 e. The fourth-order valence-electron chi connectivity index (χ4n) is 2.83. The average Bonchev–Trinajstić information content (AvgIpc) is 2.61. The maximum atomic E-state index is 9.24. The molecule has 0 radical (unpaired) electrons. The third kappa shape index (κ3) is 31.2. The largest absolute Gasteiger partial charge is 0.480 e. The lowest BCUT2D eigenvalue weighted by Crippen LogP contribution is -2.15. The van der Waals surface area contributed by atoms with Crippen LogP contribution in [0.1, 0.15) is 104 Å². The van der Waals surface area contributed by atoms with Crippen LogP contribution in [0, 0.1) is 5.92 Å². The average molecular weight is 375 g/mol. The molecule has 0 aliphatic heterocycles. The van der Waals surface area contributed by atoms with Gasteiger partial charge in [0.1, 0.15) is 0 Å². The Hall–Kier alpha value is -0.650. The molecule has 0 aliphatic carbocycles. The highest BCUT2D eigenvalue weighted by Gasteiger charge is 1.96. The van der Waals surface area contributed by atoms with Gasteiger partial charge >= 0.3 is 5.97 Å². The van der Waals surface area contributed by atoms with Crippen molar-refractivity contribution in [2.75, 3.05) is 19.8 Å². The molecule has 0 amide bonds. The zero-order valence-electron chi connectivity index (χ0n) is 17.5. The van der Waals surface area contributed by atoms with E-state index in [1.54, 1.807) is 0 Å². The predicted octanol–water partition coefficient (Wildman–Crippen LogP) is 4.67. The highest BCUT2D eigenvalue weighted by Crippen LogP contribution is 2.14. The molecule has 158 valence electrons. The lowest BCUT2D eigenvalue weighted by Gasteiger charge is -2.05. The number of hydrogen-bond donors (Lipinski definition) is 4. The van der Waals surface area contributed by atoms with Gasteiger partial charge in [0.2, 0.25) is 0 Å². The monoisotopic (exact) mass is 374 g/mol. The molecule has 0 rings (SSSR count). The van der Waals surface area contributed by atoms with E-state index in [4.69, 9.17) is 10.2 Å². The van der Waals surface area contributed by atoms with E-state index in [9.17, 15) is 4.79 Å². The van der Waals surface area contributed by atoms with Crippen molar-refractivity contribution in [3.05, 3.63) is 0 Å². The summed E-state index contributed by atoms with van der Waals surface area (Å²) in [6.07, 6.45) is 19.7. The first-order valence-corrected chi connectivity index (χ1v) is 10.8. The molecule has 0 fully saturated rings. The Kier molecular flexibility index (Phi) is 25.8. The SMILES string of the molecule is CC(C)CCCCCCCCCCCCCCCNCO.NCC(=O)O. The minimum atomic E-state index is -0.968. The van der Waals surface area contributed by atoms with E-state index in [1.165, 1.54) is 89.9 Å². The zero-order valence-corrected chi connectivity index (χ0v) is 17.5. The van der Waals surface area contributed by atoms with Crippen LogP contribution in [0.4, 0.5) is 0 Å². The molecule has 0 aromatic heterocycles. The minimum absolute atomic E-state index is 0.123. The van der Waals surface area contributed by atoms with Gasteiger partial charge in [-0.25, -0.2) is 0 Å². The van der Waals surface area contributed by atoms with Crippen LogP contribution in [0.5, 0.6) is 0 Å². The number of carboxylic acids is 1. The van der Waals surface area contributed by atoms with Crippen LogP contribution in [-0.4, -0.2) is 36.0 Å². The number of nitrogens with two attached hydrogens (primary N) is 1. The third-order valence-corrected chi connectivity index (χ3v) is 4.42. The standard InChI is InChI=1S/C19H41NO.C2H5NO2/c1-19(2)16-14-12-10-8-6-4-3-5-7-9-11-13-15-17-20-18-21;3-1-2(4)5/h19-21H,3-18H2,1-2H3;1,3H2,(H,4,5). The van der Waals surface area contributed by atoms with Crippen molar-refractivity contribution in [1.82, 2.24) is 5.32 Å². The van der Waals surface area contributed by atoms with Gasteiger partial charge in [-0.1, -0.05) is 97.3 Å². The number of nitrogens with one attached hydrogen (secondary N) is 1. The van der Waals surface area contributed by atoms with Gasteiger partial charge in [-0.2, -0.15) is 0 Å². The van der Waals surface area contributed by atoms with Crippen LogP contribution in [0.25, 0.3) is 0 Å². The van der Waals surface area contributed by atoms with Crippen molar-refractivity contribution in [1.29, 1.82) is 0 Å². The van der Waals surface area contributed by atoms with E-state index in [0.717, 1.165) is 12.5 Å². The first-order valence-electron chi connectivity index (χ1n) is 10.8. The second-order valence-corrected chi connectivity index (χ2v) is 7.53. The molecule has 0 saturated heterocycles. The molecule has 5 nitrogen and oxygen atoms in total. The first-order chi connectivity index (χ1) is 12.5. The van der Waals surface area contributed by atoms with Crippen molar-refractivity contribution in [3.8, 4) is 0 Å². The Morgan fingerprint density at radius 2 is 1.15 bits per heavy atom. The second kappa shape index (κ2) is 24.4. The number of aliphatic hydroxyl groups excluding tert-OH is 1. The Balaban J connectivity index is 0. The number of unbranched alkanes of at least 4 members (excludes halogenated alkanes) is 12. The number of rotatable bonds is 18. The predicted molar refractivity (Wildman–Crippen MR) is 111 cm³/mol. The summed E-state index contributed by atoms with van der Waals surface area (Å²) >= 11 is 0. The molecule has 0 heterocycles. The van der Waals surface area contributed by atoms with E-state index in [1.807, 2.05) is 0 Å².